The summed E-state index contributed by atoms with van der Waals surface area (Å²) in [6.07, 6.45) is 14.8. The minimum atomic E-state index is -2.01. The Kier molecular flexibility index (Phi) is 15.3. The Labute approximate surface area is 250 Å². The third kappa shape index (κ3) is 11.6. The van der Waals surface area contributed by atoms with Gasteiger partial charge in [0.05, 0.1) is 12.5 Å². The van der Waals surface area contributed by atoms with Gasteiger partial charge < -0.3 is 25.2 Å². The lowest BCUT2D eigenvalue weighted by Crippen LogP contribution is -2.54. The van der Waals surface area contributed by atoms with Gasteiger partial charge in [-0.05, 0) is 43.4 Å². The van der Waals surface area contributed by atoms with Crippen LogP contribution in [0.1, 0.15) is 96.0 Å². The van der Waals surface area contributed by atoms with E-state index < -0.39 is 29.4 Å². The molecule has 0 unspecified atom stereocenters. The fourth-order valence-corrected chi connectivity index (χ4v) is 5.13. The molecule has 1 aliphatic heterocycles. The molecule has 1 saturated heterocycles. The van der Waals surface area contributed by atoms with Gasteiger partial charge in [-0.25, -0.2) is 4.79 Å². The molecule has 0 aliphatic carbocycles. The average molecular weight is 587 g/mol. The predicted molar refractivity (Wildman–Crippen MR) is 162 cm³/mol. The number of carbonyl (C=O) groups is 4. The molecule has 0 bridgehead atoms. The SMILES string of the molecule is CCCCCCCC(=O)CCCCCC/C=C/[C@H](C(=O)N[C@@H](Cc1ccc(O)cc1)C(=O)N(C)C)[C@@]1(O)CCOC1=O. The van der Waals surface area contributed by atoms with Gasteiger partial charge >= 0.3 is 5.97 Å². The van der Waals surface area contributed by atoms with Crippen LogP contribution in [0.5, 0.6) is 5.75 Å². The summed E-state index contributed by atoms with van der Waals surface area (Å²) in [4.78, 5) is 52.3. The van der Waals surface area contributed by atoms with E-state index in [1.54, 1.807) is 38.4 Å². The zero-order valence-corrected chi connectivity index (χ0v) is 25.6. The molecule has 2 rings (SSSR count). The number of nitrogens with zero attached hydrogens (tertiary/aromatic N) is 1. The monoisotopic (exact) mass is 586 g/mol. The van der Waals surface area contributed by atoms with Crippen molar-refractivity contribution in [1.82, 2.24) is 10.2 Å². The van der Waals surface area contributed by atoms with E-state index in [-0.39, 0.29) is 31.1 Å². The molecule has 0 spiro atoms. The van der Waals surface area contributed by atoms with Gasteiger partial charge in [-0.15, -0.1) is 0 Å². The number of aliphatic hydroxyl groups is 1. The number of ketones is 1. The van der Waals surface area contributed by atoms with E-state index in [0.717, 1.165) is 44.1 Å². The van der Waals surface area contributed by atoms with Crippen molar-refractivity contribution in [1.29, 1.82) is 0 Å². The number of benzene rings is 1. The second-order valence-corrected chi connectivity index (χ2v) is 11.5. The van der Waals surface area contributed by atoms with Crippen LogP contribution in [0.15, 0.2) is 36.4 Å². The normalized spacial score (nSPS) is 18.0. The fourth-order valence-electron chi connectivity index (χ4n) is 5.13. The van der Waals surface area contributed by atoms with Crippen molar-refractivity contribution in [3.63, 3.8) is 0 Å². The van der Waals surface area contributed by atoms with Crippen LogP contribution in [-0.4, -0.2) is 71.0 Å². The van der Waals surface area contributed by atoms with Crippen molar-refractivity contribution >= 4 is 23.6 Å². The van der Waals surface area contributed by atoms with Gasteiger partial charge in [0.15, 0.2) is 5.60 Å². The number of hydrogen-bond donors (Lipinski definition) is 3. The molecule has 3 N–H and O–H groups in total. The second kappa shape index (κ2) is 18.4. The van der Waals surface area contributed by atoms with Crippen LogP contribution in [0.2, 0.25) is 0 Å². The van der Waals surface area contributed by atoms with Gasteiger partial charge in [0.25, 0.3) is 0 Å². The van der Waals surface area contributed by atoms with Crippen molar-refractivity contribution in [3.8, 4) is 5.75 Å². The molecule has 42 heavy (non-hydrogen) atoms. The van der Waals surface area contributed by atoms with Gasteiger partial charge in [-0.2, -0.15) is 0 Å². The molecule has 2 amide bonds. The number of ether oxygens (including phenoxy) is 1. The number of carbonyl (C=O) groups excluding carboxylic acids is 4. The maximum Gasteiger partial charge on any atom is 0.339 e. The summed E-state index contributed by atoms with van der Waals surface area (Å²) in [5, 5.41) is 23.5. The van der Waals surface area contributed by atoms with E-state index >= 15 is 0 Å². The molecular weight excluding hydrogens is 536 g/mol. The van der Waals surface area contributed by atoms with Gasteiger partial charge in [0.1, 0.15) is 17.6 Å². The Balaban J connectivity index is 1.92. The first kappa shape index (κ1) is 35.0. The number of Topliss-reactive ketones (excluding diaryl/α,β-unsaturated/α-hetero) is 1. The summed E-state index contributed by atoms with van der Waals surface area (Å²) in [6.45, 7) is 2.19. The summed E-state index contributed by atoms with van der Waals surface area (Å²) in [5.41, 5.74) is -1.28. The van der Waals surface area contributed by atoms with E-state index in [4.69, 9.17) is 4.74 Å². The highest BCUT2D eigenvalue weighted by Gasteiger charge is 2.51. The first-order chi connectivity index (χ1) is 20.1. The molecule has 1 fully saturated rings. The Bertz CT molecular complexity index is 1040. The van der Waals surface area contributed by atoms with Crippen LogP contribution in [0.25, 0.3) is 0 Å². The van der Waals surface area contributed by atoms with E-state index in [1.165, 1.54) is 36.3 Å². The minimum absolute atomic E-state index is 0.0119. The van der Waals surface area contributed by atoms with Crippen molar-refractivity contribution in [2.24, 2.45) is 5.92 Å². The van der Waals surface area contributed by atoms with Crippen LogP contribution < -0.4 is 5.32 Å². The Morgan fingerprint density at radius 2 is 1.62 bits per heavy atom. The van der Waals surface area contributed by atoms with Gasteiger partial charge in [0.2, 0.25) is 11.8 Å². The van der Waals surface area contributed by atoms with Crippen molar-refractivity contribution in [2.75, 3.05) is 20.7 Å². The number of amides is 2. The third-order valence-electron chi connectivity index (χ3n) is 7.76. The Morgan fingerprint density at radius 1 is 1.00 bits per heavy atom. The Morgan fingerprint density at radius 3 is 2.19 bits per heavy atom. The average Bonchev–Trinajstić information content (AvgIpc) is 3.30. The van der Waals surface area contributed by atoms with Crippen molar-refractivity contribution < 1.29 is 34.1 Å². The van der Waals surface area contributed by atoms with Crippen LogP contribution in [0, 0.1) is 5.92 Å². The maximum atomic E-state index is 13.5. The maximum absolute atomic E-state index is 13.5. The molecule has 234 valence electrons. The lowest BCUT2D eigenvalue weighted by Gasteiger charge is -2.28. The lowest BCUT2D eigenvalue weighted by atomic mass is 9.84. The molecular formula is C33H50N2O7. The number of unbranched alkanes of at least 4 members (excludes halogenated alkanes) is 8. The lowest BCUT2D eigenvalue weighted by molar-refractivity contribution is -0.160. The quantitative estimate of drug-likeness (QED) is 0.115. The number of allylic oxidation sites excluding steroid dienone is 1. The molecule has 9 heteroatoms. The van der Waals surface area contributed by atoms with Gasteiger partial charge in [-0.1, -0.05) is 69.7 Å². The summed E-state index contributed by atoms with van der Waals surface area (Å²) in [6, 6.07) is 5.41. The molecule has 0 saturated carbocycles. The second-order valence-electron chi connectivity index (χ2n) is 11.5. The predicted octanol–water partition coefficient (Wildman–Crippen LogP) is 4.63. The fraction of sp³-hybridized carbons (Fsp3) is 0.636. The molecule has 1 aromatic rings. The summed E-state index contributed by atoms with van der Waals surface area (Å²) in [5.74, 6) is -2.62. The minimum Gasteiger partial charge on any atom is -0.508 e. The van der Waals surface area contributed by atoms with Gasteiger partial charge in [0, 0.05) is 39.8 Å². The molecule has 1 aromatic carbocycles. The van der Waals surface area contributed by atoms with Crippen LogP contribution >= 0.6 is 0 Å². The van der Waals surface area contributed by atoms with Crippen LogP contribution in [0.4, 0.5) is 0 Å². The van der Waals surface area contributed by atoms with Crippen LogP contribution in [0.3, 0.4) is 0 Å². The number of aromatic hydroxyl groups is 1. The van der Waals surface area contributed by atoms with E-state index in [9.17, 15) is 29.4 Å². The first-order valence-corrected chi connectivity index (χ1v) is 15.5. The number of hydrogen-bond acceptors (Lipinski definition) is 7. The van der Waals surface area contributed by atoms with E-state index in [2.05, 4.69) is 12.2 Å². The summed E-state index contributed by atoms with van der Waals surface area (Å²) < 4.78 is 5.00. The smallest absolute Gasteiger partial charge is 0.339 e. The number of likely N-dealkylation sites (N-methyl/N-ethyl adjacent to an activating group) is 1. The zero-order chi connectivity index (χ0) is 31.0. The van der Waals surface area contributed by atoms with E-state index in [0.29, 0.717) is 25.0 Å². The molecule has 0 aromatic heterocycles. The Hall–Kier alpha value is -3.20. The summed E-state index contributed by atoms with van der Waals surface area (Å²) >= 11 is 0. The highest BCUT2D eigenvalue weighted by Crippen LogP contribution is 2.31. The van der Waals surface area contributed by atoms with E-state index in [1.807, 2.05) is 0 Å². The number of esters is 1. The standard InChI is InChI=1S/C33H50N2O7/c1-4-5-6-9-12-15-26(36)16-13-10-7-8-11-14-17-28(33(41)22-23-42-32(33)40)30(38)34-29(31(39)35(2)3)24-25-18-20-27(37)21-19-25/h14,17-21,28-29,37,41H,4-13,15-16,22-24H2,1-3H3,(H,34,38)/b17-14+/t28-,29+,33+/m1/s1. The number of rotatable bonds is 20. The third-order valence-corrected chi connectivity index (χ3v) is 7.76. The molecule has 1 aliphatic rings. The molecule has 0 radical (unpaired) electrons. The zero-order valence-electron chi connectivity index (χ0n) is 25.6. The number of phenolic OH excluding ortho intramolecular Hbond substituents is 1. The molecule has 1 heterocycles. The summed E-state index contributed by atoms with van der Waals surface area (Å²) in [7, 11) is 3.17. The molecule has 9 nitrogen and oxygen atoms in total. The largest absolute Gasteiger partial charge is 0.508 e. The van der Waals surface area contributed by atoms with Crippen LogP contribution in [-0.2, 0) is 30.3 Å². The highest BCUT2D eigenvalue weighted by atomic mass is 16.6. The topological polar surface area (TPSA) is 133 Å². The van der Waals surface area contributed by atoms with Gasteiger partial charge in [-0.3, -0.25) is 14.4 Å². The molecule has 3 atom stereocenters. The van der Waals surface area contributed by atoms with Crippen molar-refractivity contribution in [3.05, 3.63) is 42.0 Å². The number of cyclic esters (lactones) is 1. The first-order valence-electron chi connectivity index (χ1n) is 15.5. The number of phenols is 1. The highest BCUT2D eigenvalue weighted by molar-refractivity contribution is 5.94. The number of nitrogens with one attached hydrogen (secondary N) is 1. The van der Waals surface area contributed by atoms with Crippen molar-refractivity contribution in [2.45, 2.75) is 108 Å².